The van der Waals surface area contributed by atoms with Gasteiger partial charge in [0.25, 0.3) is 5.78 Å². The summed E-state index contributed by atoms with van der Waals surface area (Å²) in [7, 11) is 0. The molecule has 1 atom stereocenters. The lowest BCUT2D eigenvalue weighted by Crippen LogP contribution is -2.29. The highest BCUT2D eigenvalue weighted by Gasteiger charge is 2.48. The molecule has 4 rings (SSSR count). The minimum atomic E-state index is -0.960. The first kappa shape index (κ1) is 28.8. The van der Waals surface area contributed by atoms with Gasteiger partial charge in [-0.15, -0.1) is 0 Å². The van der Waals surface area contributed by atoms with Gasteiger partial charge in [-0.05, 0) is 61.6 Å². The molecule has 1 aromatic heterocycles. The van der Waals surface area contributed by atoms with Gasteiger partial charge in [0, 0.05) is 5.56 Å². The molecule has 0 saturated carbocycles. The van der Waals surface area contributed by atoms with Crippen molar-refractivity contribution in [2.75, 3.05) is 18.1 Å². The Kier molecular flexibility index (Phi) is 8.54. The first-order valence-corrected chi connectivity index (χ1v) is 13.8. The van der Waals surface area contributed by atoms with Crippen LogP contribution in [0.5, 0.6) is 5.75 Å². The van der Waals surface area contributed by atoms with Gasteiger partial charge in [0.2, 0.25) is 0 Å². The first-order chi connectivity index (χ1) is 19.1. The Labute approximate surface area is 237 Å². The number of amides is 1. The molecular weight excluding hydrogens is 528 g/mol. The zero-order chi connectivity index (χ0) is 29.1. The van der Waals surface area contributed by atoms with Crippen molar-refractivity contribution in [3.05, 3.63) is 93.5 Å². The summed E-state index contributed by atoms with van der Waals surface area (Å²) in [5, 5.41) is 11.7. The molecule has 1 unspecified atom stereocenters. The molecule has 0 bridgehead atoms. The number of aromatic nitrogens is 1. The smallest absolute Gasteiger partial charge is 0.350 e. The Balaban J connectivity index is 1.89. The Bertz CT molecular complexity index is 1500. The number of ketones is 1. The number of hydrogen-bond acceptors (Lipinski definition) is 8. The summed E-state index contributed by atoms with van der Waals surface area (Å²) in [6.45, 7) is 13.4. The largest absolute Gasteiger partial charge is 0.507 e. The minimum Gasteiger partial charge on any atom is -0.507 e. The van der Waals surface area contributed by atoms with Crippen LogP contribution in [0.25, 0.3) is 5.76 Å². The third kappa shape index (κ3) is 5.42. The van der Waals surface area contributed by atoms with Crippen molar-refractivity contribution in [1.82, 2.24) is 4.98 Å². The minimum absolute atomic E-state index is 0.0595. The summed E-state index contributed by atoms with van der Waals surface area (Å²) < 4.78 is 10.7. The normalized spacial score (nSPS) is 16.4. The number of ether oxygens (including phenoxy) is 2. The number of aliphatic hydroxyl groups excluding tert-OH is 1. The van der Waals surface area contributed by atoms with E-state index in [1.807, 2.05) is 24.3 Å². The fourth-order valence-corrected chi connectivity index (χ4v) is 5.56. The molecule has 1 fully saturated rings. The number of hydrogen-bond donors (Lipinski definition) is 1. The zero-order valence-electron chi connectivity index (χ0n) is 23.2. The standard InChI is InChI=1S/C31H32N2O6S/c1-7-15-39-22-13-14-23(18(5)16-22)26(34)24-25(21-11-9-20(10-12-21)17(3)4)33(29(36)27(24)35)31-32-19(6)28(40-31)30(37)38-8-2/h7,9-14,16-17,25,34H,1,8,15H2,2-6H3/b26-24+. The van der Waals surface area contributed by atoms with Crippen LogP contribution in [-0.4, -0.2) is 41.0 Å². The van der Waals surface area contributed by atoms with Gasteiger partial charge in [-0.2, -0.15) is 0 Å². The molecule has 208 valence electrons. The second-order valence-electron chi connectivity index (χ2n) is 9.70. The van der Waals surface area contributed by atoms with Crippen molar-refractivity contribution in [2.24, 2.45) is 0 Å². The monoisotopic (exact) mass is 560 g/mol. The number of Topliss-reactive ketones (excluding diaryl/α,β-unsaturated/α-hetero) is 1. The van der Waals surface area contributed by atoms with Crippen LogP contribution < -0.4 is 9.64 Å². The maximum absolute atomic E-state index is 13.6. The second kappa shape index (κ2) is 11.9. The lowest BCUT2D eigenvalue weighted by Gasteiger charge is -2.23. The molecule has 1 aliphatic rings. The number of carbonyl (C=O) groups excluding carboxylic acids is 3. The quantitative estimate of drug-likeness (QED) is 0.108. The van der Waals surface area contributed by atoms with Crippen molar-refractivity contribution in [1.29, 1.82) is 0 Å². The predicted molar refractivity (Wildman–Crippen MR) is 155 cm³/mol. The van der Waals surface area contributed by atoms with E-state index in [9.17, 15) is 19.5 Å². The fraction of sp³-hybridized carbons (Fsp3) is 0.290. The Morgan fingerprint density at radius 2 is 1.88 bits per heavy atom. The molecule has 0 radical (unpaired) electrons. The summed E-state index contributed by atoms with van der Waals surface area (Å²) in [5.41, 5.74) is 3.10. The third-order valence-electron chi connectivity index (χ3n) is 6.64. The van der Waals surface area contributed by atoms with Gasteiger partial charge >= 0.3 is 11.9 Å². The van der Waals surface area contributed by atoms with E-state index in [1.165, 1.54) is 4.90 Å². The van der Waals surface area contributed by atoms with Crippen molar-refractivity contribution < 1.29 is 29.0 Å². The summed E-state index contributed by atoms with van der Waals surface area (Å²) in [4.78, 5) is 45.6. The van der Waals surface area contributed by atoms with E-state index in [0.29, 0.717) is 34.7 Å². The lowest BCUT2D eigenvalue weighted by molar-refractivity contribution is -0.132. The molecule has 2 heterocycles. The van der Waals surface area contributed by atoms with Crippen LogP contribution in [0.15, 0.2) is 60.7 Å². The number of aryl methyl sites for hydroxylation is 2. The molecule has 2 aromatic carbocycles. The second-order valence-corrected chi connectivity index (χ2v) is 10.7. The van der Waals surface area contributed by atoms with Crippen molar-refractivity contribution in [3.63, 3.8) is 0 Å². The van der Waals surface area contributed by atoms with E-state index >= 15 is 0 Å². The zero-order valence-corrected chi connectivity index (χ0v) is 24.0. The highest BCUT2D eigenvalue weighted by atomic mass is 32.1. The molecule has 9 heteroatoms. The Morgan fingerprint density at radius 1 is 1.18 bits per heavy atom. The van der Waals surface area contributed by atoms with Crippen molar-refractivity contribution in [2.45, 2.75) is 46.6 Å². The summed E-state index contributed by atoms with van der Waals surface area (Å²) in [6.07, 6.45) is 1.63. The molecule has 40 heavy (non-hydrogen) atoms. The van der Waals surface area contributed by atoms with Crippen LogP contribution in [0.1, 0.15) is 70.4 Å². The molecule has 0 spiro atoms. The fourth-order valence-electron chi connectivity index (χ4n) is 4.57. The maximum Gasteiger partial charge on any atom is 0.350 e. The molecule has 8 nitrogen and oxygen atoms in total. The van der Waals surface area contributed by atoms with E-state index in [4.69, 9.17) is 9.47 Å². The van der Waals surface area contributed by atoms with Gasteiger partial charge in [0.1, 0.15) is 23.0 Å². The van der Waals surface area contributed by atoms with E-state index in [-0.39, 0.29) is 33.9 Å². The number of carbonyl (C=O) groups is 3. The average Bonchev–Trinajstić information content (AvgIpc) is 3.43. The van der Waals surface area contributed by atoms with Crippen LogP contribution >= 0.6 is 11.3 Å². The van der Waals surface area contributed by atoms with E-state index < -0.39 is 23.7 Å². The SMILES string of the molecule is C=CCOc1ccc(/C(O)=C2\C(=O)C(=O)N(c3nc(C)c(C(=O)OCC)s3)C2c2ccc(C(C)C)cc2)c(C)c1. The van der Waals surface area contributed by atoms with Crippen molar-refractivity contribution >= 4 is 39.9 Å². The third-order valence-corrected chi connectivity index (χ3v) is 7.77. The Morgan fingerprint density at radius 3 is 2.48 bits per heavy atom. The molecule has 1 amide bonds. The van der Waals surface area contributed by atoms with E-state index in [1.54, 1.807) is 45.0 Å². The molecule has 1 aliphatic heterocycles. The molecule has 3 aromatic rings. The van der Waals surface area contributed by atoms with Gasteiger partial charge in [0.05, 0.1) is 23.9 Å². The molecule has 1 saturated heterocycles. The summed E-state index contributed by atoms with van der Waals surface area (Å²) in [5.74, 6) is -1.67. The van der Waals surface area contributed by atoms with Crippen LogP contribution in [0.4, 0.5) is 5.13 Å². The van der Waals surface area contributed by atoms with Crippen LogP contribution in [0.2, 0.25) is 0 Å². The van der Waals surface area contributed by atoms with Gasteiger partial charge in [0.15, 0.2) is 5.13 Å². The molecule has 1 N–H and O–H groups in total. The maximum atomic E-state index is 13.6. The predicted octanol–water partition coefficient (Wildman–Crippen LogP) is 6.25. The van der Waals surface area contributed by atoms with Crippen LogP contribution in [-0.2, 0) is 14.3 Å². The van der Waals surface area contributed by atoms with Crippen LogP contribution in [0.3, 0.4) is 0 Å². The number of esters is 1. The topological polar surface area (TPSA) is 106 Å². The average molecular weight is 561 g/mol. The lowest BCUT2D eigenvalue weighted by atomic mass is 9.92. The number of aliphatic hydroxyl groups is 1. The first-order valence-electron chi connectivity index (χ1n) is 13.0. The van der Waals surface area contributed by atoms with Gasteiger partial charge in [-0.3, -0.25) is 14.5 Å². The van der Waals surface area contributed by atoms with Gasteiger partial charge < -0.3 is 14.6 Å². The van der Waals surface area contributed by atoms with Gasteiger partial charge in [-0.1, -0.05) is 62.1 Å². The van der Waals surface area contributed by atoms with E-state index in [2.05, 4.69) is 25.4 Å². The van der Waals surface area contributed by atoms with Crippen LogP contribution in [0, 0.1) is 13.8 Å². The molecule has 0 aliphatic carbocycles. The van der Waals surface area contributed by atoms with E-state index in [0.717, 1.165) is 16.9 Å². The number of anilines is 1. The summed E-state index contributed by atoms with van der Waals surface area (Å²) in [6, 6.07) is 11.7. The highest BCUT2D eigenvalue weighted by molar-refractivity contribution is 7.17. The number of thiazole rings is 1. The number of rotatable bonds is 9. The van der Waals surface area contributed by atoms with Crippen molar-refractivity contribution in [3.8, 4) is 5.75 Å². The highest BCUT2D eigenvalue weighted by Crippen LogP contribution is 2.44. The van der Waals surface area contributed by atoms with Gasteiger partial charge in [-0.25, -0.2) is 9.78 Å². The summed E-state index contributed by atoms with van der Waals surface area (Å²) >= 11 is 0.978. The molecular formula is C31H32N2O6S. The number of benzene rings is 2. The number of nitrogens with zero attached hydrogens (tertiary/aromatic N) is 2. The Hall–Kier alpha value is -4.24.